The lowest BCUT2D eigenvalue weighted by atomic mass is 10.5. The molecule has 1 aromatic heterocycles. The third-order valence-electron chi connectivity index (χ3n) is 1.58. The van der Waals surface area contributed by atoms with Crippen LogP contribution in [0.5, 0.6) is 0 Å². The fourth-order valence-electron chi connectivity index (χ4n) is 0.909. The molecule has 0 amide bonds. The molecule has 86 valence electrons. The average Bonchev–Trinajstić information content (AvgIpc) is 2.60. The Morgan fingerprint density at radius 2 is 2.27 bits per heavy atom. The molecule has 1 rings (SSSR count). The predicted molar refractivity (Wildman–Crippen MR) is 50.7 cm³/mol. The standard InChI is InChI=1S/C8H11F3N2OS/c1-14-3-2-12-4-6-5-15-7(13-6)8(9,10)11/h5,12H,2-4H2,1H3. The van der Waals surface area contributed by atoms with E-state index in [2.05, 4.69) is 10.3 Å². The highest BCUT2D eigenvalue weighted by Crippen LogP contribution is 2.31. The predicted octanol–water partition coefficient (Wildman–Crippen LogP) is 1.90. The van der Waals surface area contributed by atoms with E-state index in [0.29, 0.717) is 36.7 Å². The topological polar surface area (TPSA) is 34.1 Å². The van der Waals surface area contributed by atoms with Gasteiger partial charge in [0.15, 0.2) is 5.01 Å². The van der Waals surface area contributed by atoms with E-state index in [4.69, 9.17) is 4.74 Å². The minimum absolute atomic E-state index is 0.329. The van der Waals surface area contributed by atoms with Crippen LogP contribution in [0.25, 0.3) is 0 Å². The molecule has 0 spiro atoms. The molecule has 1 aromatic rings. The molecule has 0 saturated carbocycles. The highest BCUT2D eigenvalue weighted by atomic mass is 32.1. The largest absolute Gasteiger partial charge is 0.443 e. The summed E-state index contributed by atoms with van der Waals surface area (Å²) in [6, 6.07) is 0. The van der Waals surface area contributed by atoms with Crippen LogP contribution < -0.4 is 5.32 Å². The number of ether oxygens (including phenoxy) is 1. The van der Waals surface area contributed by atoms with Crippen LogP contribution in [0.15, 0.2) is 5.38 Å². The molecule has 1 N–H and O–H groups in total. The Morgan fingerprint density at radius 3 is 2.80 bits per heavy atom. The fourth-order valence-corrected chi connectivity index (χ4v) is 1.60. The van der Waals surface area contributed by atoms with Crippen molar-refractivity contribution in [1.82, 2.24) is 10.3 Å². The number of alkyl halides is 3. The molecule has 0 aliphatic rings. The van der Waals surface area contributed by atoms with Gasteiger partial charge >= 0.3 is 6.18 Å². The Morgan fingerprint density at radius 1 is 1.53 bits per heavy atom. The van der Waals surface area contributed by atoms with E-state index >= 15 is 0 Å². The minimum Gasteiger partial charge on any atom is -0.383 e. The summed E-state index contributed by atoms with van der Waals surface area (Å²) in [4.78, 5) is 3.47. The van der Waals surface area contributed by atoms with Gasteiger partial charge in [-0.2, -0.15) is 13.2 Å². The quantitative estimate of drug-likeness (QED) is 0.798. The number of halogens is 3. The normalized spacial score (nSPS) is 12.0. The van der Waals surface area contributed by atoms with Crippen LogP contribution in [-0.4, -0.2) is 25.2 Å². The van der Waals surface area contributed by atoms with Gasteiger partial charge in [0.05, 0.1) is 12.3 Å². The second-order valence-corrected chi connectivity index (χ2v) is 3.67. The van der Waals surface area contributed by atoms with Crippen molar-refractivity contribution in [3.8, 4) is 0 Å². The van der Waals surface area contributed by atoms with E-state index in [1.165, 1.54) is 5.38 Å². The van der Waals surface area contributed by atoms with Gasteiger partial charge in [-0.1, -0.05) is 0 Å². The maximum absolute atomic E-state index is 12.2. The van der Waals surface area contributed by atoms with Crippen molar-refractivity contribution in [2.24, 2.45) is 0 Å². The van der Waals surface area contributed by atoms with Crippen molar-refractivity contribution in [2.75, 3.05) is 20.3 Å². The number of nitrogens with zero attached hydrogens (tertiary/aromatic N) is 1. The third kappa shape index (κ3) is 4.15. The van der Waals surface area contributed by atoms with Gasteiger partial charge in [0, 0.05) is 25.6 Å². The molecule has 3 nitrogen and oxygen atoms in total. The van der Waals surface area contributed by atoms with E-state index < -0.39 is 11.2 Å². The molecule has 0 bridgehead atoms. The van der Waals surface area contributed by atoms with Crippen LogP contribution in [-0.2, 0) is 17.5 Å². The molecule has 0 atom stereocenters. The Hall–Kier alpha value is -0.660. The number of aromatic nitrogens is 1. The summed E-state index contributed by atoms with van der Waals surface area (Å²) in [6.45, 7) is 1.45. The lowest BCUT2D eigenvalue weighted by Crippen LogP contribution is -2.18. The lowest BCUT2D eigenvalue weighted by Gasteiger charge is -2.01. The van der Waals surface area contributed by atoms with Gasteiger partial charge in [-0.15, -0.1) is 11.3 Å². The highest BCUT2D eigenvalue weighted by Gasteiger charge is 2.34. The zero-order chi connectivity index (χ0) is 11.3. The summed E-state index contributed by atoms with van der Waals surface area (Å²) < 4.78 is 41.2. The molecule has 0 aliphatic heterocycles. The molecule has 1 heterocycles. The zero-order valence-electron chi connectivity index (χ0n) is 8.10. The van der Waals surface area contributed by atoms with Gasteiger partial charge in [0.2, 0.25) is 0 Å². The molecular weight excluding hydrogens is 229 g/mol. The SMILES string of the molecule is COCCNCc1csc(C(F)(F)F)n1. The fraction of sp³-hybridized carbons (Fsp3) is 0.625. The first-order chi connectivity index (χ1) is 7.04. The van der Waals surface area contributed by atoms with Gasteiger partial charge in [-0.05, 0) is 0 Å². The van der Waals surface area contributed by atoms with Gasteiger partial charge in [0.25, 0.3) is 0 Å². The number of methoxy groups -OCH3 is 1. The molecule has 15 heavy (non-hydrogen) atoms. The summed E-state index contributed by atoms with van der Waals surface area (Å²) in [7, 11) is 1.56. The molecule has 0 saturated heterocycles. The Kier molecular flexibility index (Phi) is 4.49. The molecular formula is C8H11F3N2OS. The Balaban J connectivity index is 2.40. The summed E-state index contributed by atoms with van der Waals surface area (Å²) in [5, 5.41) is 3.52. The maximum atomic E-state index is 12.2. The number of rotatable bonds is 5. The number of hydrogen-bond donors (Lipinski definition) is 1. The van der Waals surface area contributed by atoms with Crippen molar-refractivity contribution in [1.29, 1.82) is 0 Å². The number of thiazole rings is 1. The number of nitrogens with one attached hydrogen (secondary N) is 1. The lowest BCUT2D eigenvalue weighted by molar-refractivity contribution is -0.137. The molecule has 0 radical (unpaired) electrons. The van der Waals surface area contributed by atoms with E-state index in [0.717, 1.165) is 0 Å². The van der Waals surface area contributed by atoms with Crippen LogP contribution in [0.3, 0.4) is 0 Å². The van der Waals surface area contributed by atoms with Gasteiger partial charge in [-0.3, -0.25) is 0 Å². The van der Waals surface area contributed by atoms with E-state index in [-0.39, 0.29) is 0 Å². The average molecular weight is 240 g/mol. The number of hydrogen-bond acceptors (Lipinski definition) is 4. The van der Waals surface area contributed by atoms with E-state index in [1.807, 2.05) is 0 Å². The first-order valence-electron chi connectivity index (χ1n) is 4.25. The van der Waals surface area contributed by atoms with E-state index in [9.17, 15) is 13.2 Å². The van der Waals surface area contributed by atoms with Crippen molar-refractivity contribution in [2.45, 2.75) is 12.7 Å². The van der Waals surface area contributed by atoms with Crippen molar-refractivity contribution in [3.05, 3.63) is 16.1 Å². The second kappa shape index (κ2) is 5.43. The van der Waals surface area contributed by atoms with Crippen molar-refractivity contribution >= 4 is 11.3 Å². The summed E-state index contributed by atoms with van der Waals surface area (Å²) >= 11 is 0.613. The van der Waals surface area contributed by atoms with Gasteiger partial charge in [-0.25, -0.2) is 4.98 Å². The van der Waals surface area contributed by atoms with Crippen molar-refractivity contribution < 1.29 is 17.9 Å². The Bertz CT molecular complexity index is 300. The van der Waals surface area contributed by atoms with Crippen LogP contribution in [0.1, 0.15) is 10.7 Å². The molecule has 0 aliphatic carbocycles. The van der Waals surface area contributed by atoms with Crippen LogP contribution in [0.4, 0.5) is 13.2 Å². The second-order valence-electron chi connectivity index (χ2n) is 2.81. The Labute approximate surface area is 89.3 Å². The van der Waals surface area contributed by atoms with Crippen LogP contribution in [0, 0.1) is 0 Å². The highest BCUT2D eigenvalue weighted by molar-refractivity contribution is 7.09. The third-order valence-corrected chi connectivity index (χ3v) is 2.52. The minimum atomic E-state index is -4.34. The molecule has 0 aromatic carbocycles. The summed E-state index contributed by atoms with van der Waals surface area (Å²) in [5.74, 6) is 0. The van der Waals surface area contributed by atoms with Gasteiger partial charge in [0.1, 0.15) is 0 Å². The molecule has 0 fully saturated rings. The maximum Gasteiger partial charge on any atom is 0.443 e. The summed E-state index contributed by atoms with van der Waals surface area (Å²) in [5.41, 5.74) is 0.406. The van der Waals surface area contributed by atoms with E-state index in [1.54, 1.807) is 7.11 Å². The van der Waals surface area contributed by atoms with Gasteiger partial charge < -0.3 is 10.1 Å². The molecule has 7 heteroatoms. The first kappa shape index (κ1) is 12.4. The monoisotopic (exact) mass is 240 g/mol. The first-order valence-corrected chi connectivity index (χ1v) is 5.13. The summed E-state index contributed by atoms with van der Waals surface area (Å²) in [6.07, 6.45) is -4.34. The van der Waals surface area contributed by atoms with Crippen molar-refractivity contribution in [3.63, 3.8) is 0 Å². The van der Waals surface area contributed by atoms with Crippen LogP contribution in [0.2, 0.25) is 0 Å². The zero-order valence-corrected chi connectivity index (χ0v) is 8.91. The van der Waals surface area contributed by atoms with Crippen LogP contribution >= 0.6 is 11.3 Å². The smallest absolute Gasteiger partial charge is 0.383 e. The molecule has 0 unspecified atom stereocenters.